The zero-order chi connectivity index (χ0) is 33.3. The van der Waals surface area contributed by atoms with Crippen LogP contribution in [0.4, 0.5) is 5.69 Å². The molecule has 0 aliphatic carbocycles. The third-order valence-corrected chi connectivity index (χ3v) is 9.56. The summed E-state index contributed by atoms with van der Waals surface area (Å²) in [6.07, 6.45) is 1.61. The summed E-state index contributed by atoms with van der Waals surface area (Å²) in [6, 6.07) is 12.3. The van der Waals surface area contributed by atoms with Gasteiger partial charge in [-0.3, -0.25) is 13.9 Å². The summed E-state index contributed by atoms with van der Waals surface area (Å²) in [5, 5.41) is 3.72. The van der Waals surface area contributed by atoms with Gasteiger partial charge in [0, 0.05) is 34.2 Å². The fourth-order valence-corrected chi connectivity index (χ4v) is 6.49. The number of hydrogen-bond acceptors (Lipinski definition) is 7. The van der Waals surface area contributed by atoms with Gasteiger partial charge in [-0.05, 0) is 61.4 Å². The first-order valence-electron chi connectivity index (χ1n) is 14.0. The minimum Gasteiger partial charge on any atom is -0.495 e. The number of nitrogens with one attached hydrogen (secondary N) is 1. The Labute approximate surface area is 279 Å². The van der Waals surface area contributed by atoms with Gasteiger partial charge >= 0.3 is 0 Å². The Morgan fingerprint density at radius 3 is 2.11 bits per heavy atom. The molecule has 0 radical (unpaired) electrons. The minimum absolute atomic E-state index is 0.0117. The molecule has 0 spiro atoms. The molecule has 0 saturated carbocycles. The van der Waals surface area contributed by atoms with Gasteiger partial charge in [-0.2, -0.15) is 0 Å². The maximum atomic E-state index is 14.3. The van der Waals surface area contributed by atoms with Crippen LogP contribution in [0.1, 0.15) is 32.3 Å². The standard InChI is InChI=1S/C31H36Cl3N3O7S/c1-6-7-14-35-31(39)20(2)36(18-21-8-9-22(32)15-25(21)34)30(38)19-37(26-16-23(33)10-12-27(26)42-3)45(40,41)24-11-13-28(43-4)29(17-24)44-5/h8-13,15-17,20H,6-7,14,18-19H2,1-5H3,(H,35,39). The van der Waals surface area contributed by atoms with Crippen molar-refractivity contribution < 1.29 is 32.2 Å². The van der Waals surface area contributed by atoms with Crippen molar-refractivity contribution >= 4 is 62.3 Å². The lowest BCUT2D eigenvalue weighted by molar-refractivity contribution is -0.139. The molecule has 0 bridgehead atoms. The second kappa shape index (κ2) is 16.3. The van der Waals surface area contributed by atoms with Crippen LogP contribution in [0.25, 0.3) is 0 Å². The summed E-state index contributed by atoms with van der Waals surface area (Å²) in [5.74, 6) is -0.469. The summed E-state index contributed by atoms with van der Waals surface area (Å²) in [5.41, 5.74) is 0.523. The SMILES string of the molecule is CCCCNC(=O)C(C)N(Cc1ccc(Cl)cc1Cl)C(=O)CN(c1cc(Cl)ccc1OC)S(=O)(=O)c1ccc(OC)c(OC)c1. The summed E-state index contributed by atoms with van der Waals surface area (Å²) >= 11 is 18.8. The van der Waals surface area contributed by atoms with Gasteiger partial charge in [-0.25, -0.2) is 8.42 Å². The van der Waals surface area contributed by atoms with Gasteiger partial charge in [0.25, 0.3) is 10.0 Å². The van der Waals surface area contributed by atoms with Crippen LogP contribution < -0.4 is 23.8 Å². The van der Waals surface area contributed by atoms with Gasteiger partial charge in [0.05, 0.1) is 31.9 Å². The fraction of sp³-hybridized carbons (Fsp3) is 0.355. The number of anilines is 1. The zero-order valence-corrected chi connectivity index (χ0v) is 28.7. The van der Waals surface area contributed by atoms with Crippen LogP contribution >= 0.6 is 34.8 Å². The van der Waals surface area contributed by atoms with Crippen molar-refractivity contribution in [2.45, 2.75) is 44.2 Å². The fourth-order valence-electron chi connectivity index (χ4n) is 4.43. The topological polar surface area (TPSA) is 114 Å². The van der Waals surface area contributed by atoms with Crippen molar-refractivity contribution in [3.05, 3.63) is 75.2 Å². The summed E-state index contributed by atoms with van der Waals surface area (Å²) < 4.78 is 45.6. The molecular weight excluding hydrogens is 665 g/mol. The number of ether oxygens (including phenoxy) is 3. The number of rotatable bonds is 15. The highest BCUT2D eigenvalue weighted by atomic mass is 35.5. The number of sulfonamides is 1. The summed E-state index contributed by atoms with van der Waals surface area (Å²) in [7, 11) is -0.301. The van der Waals surface area contributed by atoms with Gasteiger partial charge in [-0.15, -0.1) is 0 Å². The van der Waals surface area contributed by atoms with Gasteiger partial charge in [0.1, 0.15) is 18.3 Å². The predicted molar refractivity (Wildman–Crippen MR) is 176 cm³/mol. The third-order valence-electron chi connectivity index (χ3n) is 6.98. The maximum absolute atomic E-state index is 14.3. The van der Waals surface area contributed by atoms with Crippen LogP contribution in [-0.2, 0) is 26.2 Å². The van der Waals surface area contributed by atoms with E-state index < -0.39 is 34.4 Å². The van der Waals surface area contributed by atoms with Crippen LogP contribution in [0.5, 0.6) is 17.2 Å². The molecule has 14 heteroatoms. The average Bonchev–Trinajstić information content (AvgIpc) is 3.02. The molecule has 3 aromatic rings. The molecule has 1 N–H and O–H groups in total. The van der Waals surface area contributed by atoms with E-state index in [9.17, 15) is 18.0 Å². The first kappa shape index (κ1) is 36.1. The van der Waals surface area contributed by atoms with Crippen molar-refractivity contribution in [2.75, 3.05) is 38.7 Å². The molecule has 3 aromatic carbocycles. The van der Waals surface area contributed by atoms with E-state index in [1.807, 2.05) is 6.92 Å². The molecule has 0 saturated heterocycles. The molecule has 1 atom stereocenters. The average molecular weight is 701 g/mol. The number of amides is 2. The lowest BCUT2D eigenvalue weighted by atomic mass is 10.1. The molecule has 10 nitrogen and oxygen atoms in total. The number of carbonyl (C=O) groups excluding carboxylic acids is 2. The van der Waals surface area contributed by atoms with E-state index in [1.165, 1.54) is 68.7 Å². The lowest BCUT2D eigenvalue weighted by Crippen LogP contribution is -2.51. The van der Waals surface area contributed by atoms with E-state index in [0.29, 0.717) is 22.9 Å². The Morgan fingerprint density at radius 1 is 0.867 bits per heavy atom. The van der Waals surface area contributed by atoms with E-state index in [0.717, 1.165) is 17.1 Å². The van der Waals surface area contributed by atoms with Crippen LogP contribution in [0.2, 0.25) is 15.1 Å². The Bertz CT molecular complexity index is 1620. The second-order valence-corrected chi connectivity index (χ2v) is 13.1. The Morgan fingerprint density at radius 2 is 1.49 bits per heavy atom. The van der Waals surface area contributed by atoms with Crippen molar-refractivity contribution in [1.29, 1.82) is 0 Å². The van der Waals surface area contributed by atoms with Crippen LogP contribution in [0, 0.1) is 0 Å². The monoisotopic (exact) mass is 699 g/mol. The lowest BCUT2D eigenvalue weighted by Gasteiger charge is -2.32. The number of nitrogens with zero attached hydrogens (tertiary/aromatic N) is 2. The maximum Gasteiger partial charge on any atom is 0.265 e. The number of benzene rings is 3. The van der Waals surface area contributed by atoms with Gasteiger partial charge < -0.3 is 24.4 Å². The van der Waals surface area contributed by atoms with Crippen molar-refractivity contribution in [2.24, 2.45) is 0 Å². The van der Waals surface area contributed by atoms with Crippen molar-refractivity contribution in [3.8, 4) is 17.2 Å². The molecule has 3 rings (SSSR count). The van der Waals surface area contributed by atoms with E-state index in [-0.39, 0.29) is 38.7 Å². The Hall–Kier alpha value is -3.38. The molecule has 0 heterocycles. The van der Waals surface area contributed by atoms with Crippen molar-refractivity contribution in [1.82, 2.24) is 10.2 Å². The smallest absolute Gasteiger partial charge is 0.265 e. The van der Waals surface area contributed by atoms with E-state index in [1.54, 1.807) is 19.1 Å². The number of hydrogen-bond donors (Lipinski definition) is 1. The van der Waals surface area contributed by atoms with Crippen LogP contribution in [-0.4, -0.2) is 65.6 Å². The summed E-state index contributed by atoms with van der Waals surface area (Å²) in [4.78, 5) is 28.5. The molecule has 2 amide bonds. The second-order valence-electron chi connectivity index (χ2n) is 9.92. The van der Waals surface area contributed by atoms with E-state index in [4.69, 9.17) is 49.0 Å². The highest BCUT2D eigenvalue weighted by molar-refractivity contribution is 7.92. The molecule has 0 aromatic heterocycles. The molecule has 0 fully saturated rings. The van der Waals surface area contributed by atoms with E-state index in [2.05, 4.69) is 5.32 Å². The van der Waals surface area contributed by atoms with Crippen LogP contribution in [0.3, 0.4) is 0 Å². The van der Waals surface area contributed by atoms with Gasteiger partial charge in [0.2, 0.25) is 11.8 Å². The predicted octanol–water partition coefficient (Wildman–Crippen LogP) is 6.20. The number of carbonyl (C=O) groups is 2. The number of halogens is 3. The molecule has 45 heavy (non-hydrogen) atoms. The number of methoxy groups -OCH3 is 3. The minimum atomic E-state index is -4.47. The molecule has 244 valence electrons. The quantitative estimate of drug-likeness (QED) is 0.188. The largest absolute Gasteiger partial charge is 0.495 e. The van der Waals surface area contributed by atoms with Gasteiger partial charge in [-0.1, -0.05) is 54.2 Å². The third kappa shape index (κ3) is 8.88. The van der Waals surface area contributed by atoms with Crippen LogP contribution in [0.15, 0.2) is 59.5 Å². The molecule has 1 unspecified atom stereocenters. The highest BCUT2D eigenvalue weighted by Crippen LogP contribution is 2.37. The Balaban J connectivity index is 2.14. The molecular formula is C31H36Cl3N3O7S. The van der Waals surface area contributed by atoms with Gasteiger partial charge in [0.15, 0.2) is 11.5 Å². The zero-order valence-electron chi connectivity index (χ0n) is 25.6. The summed E-state index contributed by atoms with van der Waals surface area (Å²) in [6.45, 7) is 3.16. The first-order valence-corrected chi connectivity index (χ1v) is 16.5. The molecule has 0 aliphatic rings. The highest BCUT2D eigenvalue weighted by Gasteiger charge is 2.34. The first-order chi connectivity index (χ1) is 21.4. The van der Waals surface area contributed by atoms with E-state index >= 15 is 0 Å². The Kier molecular flexibility index (Phi) is 13.0. The normalized spacial score (nSPS) is 11.8. The molecule has 0 aliphatic heterocycles. The number of unbranched alkanes of at least 4 members (excludes halogenated alkanes) is 1. The van der Waals surface area contributed by atoms with Crippen molar-refractivity contribution in [3.63, 3.8) is 0 Å².